The van der Waals surface area contributed by atoms with Crippen LogP contribution < -0.4 is 0 Å². The first kappa shape index (κ1) is 20.2. The molecule has 1 heterocycles. The first-order valence-electron chi connectivity index (χ1n) is 12.6. The van der Waals surface area contributed by atoms with Crippen LogP contribution in [0.15, 0.2) is 0 Å². The predicted molar refractivity (Wildman–Crippen MR) is 115 cm³/mol. The lowest BCUT2D eigenvalue weighted by Gasteiger charge is -2.37. The normalized spacial score (nSPS) is 30.7. The Kier molecular flexibility index (Phi) is 7.91. The molecule has 3 heteroatoms. The maximum Gasteiger partial charge on any atom is 0.0113 e. The van der Waals surface area contributed by atoms with E-state index in [2.05, 4.69) is 14.7 Å². The van der Waals surface area contributed by atoms with Gasteiger partial charge in [-0.05, 0) is 38.5 Å². The van der Waals surface area contributed by atoms with E-state index < -0.39 is 0 Å². The first-order chi connectivity index (χ1) is 13.4. The van der Waals surface area contributed by atoms with Crippen LogP contribution in [-0.2, 0) is 0 Å². The van der Waals surface area contributed by atoms with E-state index in [1.165, 1.54) is 136 Å². The molecule has 4 fully saturated rings. The molecule has 0 N–H and O–H groups in total. The van der Waals surface area contributed by atoms with Gasteiger partial charge in [0.05, 0.1) is 0 Å². The van der Waals surface area contributed by atoms with Crippen molar-refractivity contribution in [2.45, 2.75) is 114 Å². The van der Waals surface area contributed by atoms with Gasteiger partial charge in [-0.3, -0.25) is 14.7 Å². The van der Waals surface area contributed by atoms with Gasteiger partial charge in [-0.2, -0.15) is 0 Å². The van der Waals surface area contributed by atoms with Gasteiger partial charge in [0.25, 0.3) is 0 Å². The highest BCUT2D eigenvalue weighted by Gasteiger charge is 2.29. The van der Waals surface area contributed by atoms with Crippen LogP contribution in [0, 0.1) is 0 Å². The lowest BCUT2D eigenvalue weighted by atomic mass is 9.93. The van der Waals surface area contributed by atoms with Crippen LogP contribution in [0.25, 0.3) is 0 Å². The molecule has 4 aliphatic rings. The smallest absolute Gasteiger partial charge is 0.0113 e. The summed E-state index contributed by atoms with van der Waals surface area (Å²) in [5, 5.41) is 0. The fourth-order valence-corrected chi connectivity index (χ4v) is 6.54. The van der Waals surface area contributed by atoms with Crippen molar-refractivity contribution in [3.05, 3.63) is 0 Å². The van der Waals surface area contributed by atoms with Gasteiger partial charge in [-0.25, -0.2) is 0 Å². The highest BCUT2D eigenvalue weighted by atomic mass is 15.3. The molecule has 1 saturated heterocycles. The second-order valence-corrected chi connectivity index (χ2v) is 9.98. The molecule has 0 spiro atoms. The fourth-order valence-electron chi connectivity index (χ4n) is 6.54. The highest BCUT2D eigenvalue weighted by molar-refractivity contribution is 4.85. The van der Waals surface area contributed by atoms with Gasteiger partial charge < -0.3 is 0 Å². The average Bonchev–Trinajstić information content (AvgIpc) is 2.86. The molecule has 0 radical (unpaired) electrons. The van der Waals surface area contributed by atoms with Crippen LogP contribution in [-0.4, -0.2) is 72.1 Å². The molecule has 3 nitrogen and oxygen atoms in total. The van der Waals surface area contributed by atoms with Gasteiger partial charge in [-0.1, -0.05) is 57.8 Å². The number of hydrogen-bond donors (Lipinski definition) is 0. The van der Waals surface area contributed by atoms with Gasteiger partial charge >= 0.3 is 0 Å². The highest BCUT2D eigenvalue weighted by Crippen LogP contribution is 2.27. The third-order valence-corrected chi connectivity index (χ3v) is 8.30. The van der Waals surface area contributed by atoms with Crippen LogP contribution in [0.3, 0.4) is 0 Å². The van der Waals surface area contributed by atoms with E-state index in [-0.39, 0.29) is 0 Å². The molecule has 0 aromatic carbocycles. The molecule has 0 atom stereocenters. The third kappa shape index (κ3) is 5.70. The summed E-state index contributed by atoms with van der Waals surface area (Å²) >= 11 is 0. The molecule has 27 heavy (non-hydrogen) atoms. The van der Waals surface area contributed by atoms with E-state index in [1.54, 1.807) is 0 Å². The Morgan fingerprint density at radius 2 is 0.519 bits per heavy atom. The number of rotatable bonds is 3. The SMILES string of the molecule is C1CCC(N2CCN(C3CCCCC3)CCN(C3CCCCC3)CC2)CC1. The van der Waals surface area contributed by atoms with Gasteiger partial charge in [-0.15, -0.1) is 0 Å². The van der Waals surface area contributed by atoms with E-state index >= 15 is 0 Å². The predicted octanol–water partition coefficient (Wildman–Crippen LogP) is 4.90. The zero-order valence-corrected chi connectivity index (χ0v) is 17.9. The van der Waals surface area contributed by atoms with Gasteiger partial charge in [0.15, 0.2) is 0 Å². The first-order valence-corrected chi connectivity index (χ1v) is 12.6. The molecule has 0 aromatic heterocycles. The maximum absolute atomic E-state index is 2.93. The lowest BCUT2D eigenvalue weighted by molar-refractivity contribution is 0.112. The Balaban J connectivity index is 1.43. The van der Waals surface area contributed by atoms with Crippen molar-refractivity contribution in [3.8, 4) is 0 Å². The fraction of sp³-hybridized carbons (Fsp3) is 1.00. The Morgan fingerprint density at radius 3 is 0.741 bits per heavy atom. The molecule has 0 amide bonds. The van der Waals surface area contributed by atoms with Crippen LogP contribution in [0.2, 0.25) is 0 Å². The lowest BCUT2D eigenvalue weighted by Crippen LogP contribution is -2.45. The quantitative estimate of drug-likeness (QED) is 0.694. The number of nitrogens with zero attached hydrogens (tertiary/aromatic N) is 3. The van der Waals surface area contributed by atoms with Crippen molar-refractivity contribution in [3.63, 3.8) is 0 Å². The van der Waals surface area contributed by atoms with Crippen LogP contribution in [0.1, 0.15) is 96.3 Å². The van der Waals surface area contributed by atoms with Crippen molar-refractivity contribution in [2.75, 3.05) is 39.3 Å². The summed E-state index contributed by atoms with van der Waals surface area (Å²) in [5.74, 6) is 0. The van der Waals surface area contributed by atoms with Gasteiger partial charge in [0.2, 0.25) is 0 Å². The summed E-state index contributed by atoms with van der Waals surface area (Å²) in [4.78, 5) is 8.78. The van der Waals surface area contributed by atoms with Gasteiger partial charge in [0, 0.05) is 57.4 Å². The molecule has 1 aliphatic heterocycles. The monoisotopic (exact) mass is 375 g/mol. The molecule has 3 saturated carbocycles. The minimum absolute atomic E-state index is 0.887. The van der Waals surface area contributed by atoms with E-state index in [4.69, 9.17) is 0 Å². The average molecular weight is 376 g/mol. The van der Waals surface area contributed by atoms with Crippen molar-refractivity contribution < 1.29 is 0 Å². The standard InChI is InChI=1S/C24H45N3/c1-4-10-22(11-5-1)25-16-18-26(23-12-6-2-7-13-23)20-21-27(19-17-25)24-14-8-3-9-15-24/h22-24H,1-21H2. The Hall–Kier alpha value is -0.120. The minimum atomic E-state index is 0.887. The Labute approximate surface area is 168 Å². The second kappa shape index (κ2) is 10.6. The zero-order valence-electron chi connectivity index (χ0n) is 17.9. The molecule has 156 valence electrons. The minimum Gasteiger partial charge on any atom is -0.298 e. The topological polar surface area (TPSA) is 9.72 Å². The summed E-state index contributed by atoms with van der Waals surface area (Å²) in [5.41, 5.74) is 0. The van der Waals surface area contributed by atoms with Crippen LogP contribution >= 0.6 is 0 Å². The van der Waals surface area contributed by atoms with E-state index in [9.17, 15) is 0 Å². The maximum atomic E-state index is 2.93. The Bertz CT molecular complexity index is 334. The molecular weight excluding hydrogens is 330 g/mol. The summed E-state index contributed by atoms with van der Waals surface area (Å²) in [7, 11) is 0. The largest absolute Gasteiger partial charge is 0.298 e. The molecule has 0 aromatic rings. The van der Waals surface area contributed by atoms with Crippen LogP contribution in [0.4, 0.5) is 0 Å². The molecule has 0 bridgehead atoms. The van der Waals surface area contributed by atoms with Gasteiger partial charge in [0.1, 0.15) is 0 Å². The molecular formula is C24H45N3. The third-order valence-electron chi connectivity index (χ3n) is 8.30. The Morgan fingerprint density at radius 1 is 0.296 bits per heavy atom. The molecule has 3 aliphatic carbocycles. The van der Waals surface area contributed by atoms with Crippen molar-refractivity contribution in [1.29, 1.82) is 0 Å². The molecule has 0 unspecified atom stereocenters. The zero-order chi connectivity index (χ0) is 18.3. The summed E-state index contributed by atoms with van der Waals surface area (Å²) < 4.78 is 0. The van der Waals surface area contributed by atoms with E-state index in [0.29, 0.717) is 0 Å². The van der Waals surface area contributed by atoms with E-state index in [1.807, 2.05) is 0 Å². The van der Waals surface area contributed by atoms with E-state index in [0.717, 1.165) is 18.1 Å². The van der Waals surface area contributed by atoms with Crippen molar-refractivity contribution in [2.24, 2.45) is 0 Å². The summed E-state index contributed by atoms with van der Waals surface area (Å²) in [6, 6.07) is 2.66. The summed E-state index contributed by atoms with van der Waals surface area (Å²) in [6.45, 7) is 8.00. The summed E-state index contributed by atoms with van der Waals surface area (Å²) in [6.07, 6.45) is 22.1. The van der Waals surface area contributed by atoms with Crippen LogP contribution in [0.5, 0.6) is 0 Å². The van der Waals surface area contributed by atoms with Crippen molar-refractivity contribution in [1.82, 2.24) is 14.7 Å². The van der Waals surface area contributed by atoms with Crippen molar-refractivity contribution >= 4 is 0 Å². The number of hydrogen-bond acceptors (Lipinski definition) is 3. The molecule has 4 rings (SSSR count). The second-order valence-electron chi connectivity index (χ2n) is 9.98.